The van der Waals surface area contributed by atoms with Gasteiger partial charge in [-0.15, -0.1) is 11.3 Å². The summed E-state index contributed by atoms with van der Waals surface area (Å²) in [4.78, 5) is 11.9. The van der Waals surface area contributed by atoms with Crippen LogP contribution in [0.15, 0.2) is 6.07 Å². The summed E-state index contributed by atoms with van der Waals surface area (Å²) in [6.45, 7) is 3.83. The zero-order chi connectivity index (χ0) is 10.1. The molecule has 1 unspecified atom stereocenters. The van der Waals surface area contributed by atoms with Crippen molar-refractivity contribution in [3.05, 3.63) is 16.5 Å². The van der Waals surface area contributed by atoms with Crippen LogP contribution in [0.1, 0.15) is 17.4 Å². The van der Waals surface area contributed by atoms with Crippen LogP contribution in [0.25, 0.3) is 0 Å². The SMILES string of the molecule is CC(=O)OCC1Cc2cc(C)sc2O1. The van der Waals surface area contributed by atoms with Crippen LogP contribution in [0.5, 0.6) is 5.06 Å². The molecule has 1 aromatic heterocycles. The molecule has 4 heteroatoms. The molecule has 1 atom stereocenters. The molecule has 0 N–H and O–H groups in total. The van der Waals surface area contributed by atoms with Gasteiger partial charge in [-0.1, -0.05) is 0 Å². The third kappa shape index (κ3) is 1.90. The summed E-state index contributed by atoms with van der Waals surface area (Å²) >= 11 is 1.65. The van der Waals surface area contributed by atoms with E-state index in [1.165, 1.54) is 17.4 Å². The number of carbonyl (C=O) groups excluding carboxylic acids is 1. The minimum absolute atomic E-state index is 0.0146. The Kier molecular flexibility index (Phi) is 2.46. The monoisotopic (exact) mass is 212 g/mol. The van der Waals surface area contributed by atoms with E-state index in [4.69, 9.17) is 9.47 Å². The molecule has 0 amide bonds. The lowest BCUT2D eigenvalue weighted by Crippen LogP contribution is -2.21. The minimum Gasteiger partial charge on any atom is -0.477 e. The van der Waals surface area contributed by atoms with Crippen molar-refractivity contribution in [3.8, 4) is 5.06 Å². The number of thiophene rings is 1. The molecule has 0 fully saturated rings. The Morgan fingerprint density at radius 3 is 3.21 bits per heavy atom. The van der Waals surface area contributed by atoms with Gasteiger partial charge >= 0.3 is 5.97 Å². The number of carbonyl (C=O) groups is 1. The zero-order valence-electron chi connectivity index (χ0n) is 8.20. The Bertz CT molecular complexity index is 333. The van der Waals surface area contributed by atoms with Crippen molar-refractivity contribution >= 4 is 17.3 Å². The molecule has 2 rings (SSSR count). The standard InChI is InChI=1S/C10H12O3S/c1-6-3-8-4-9(5-12-7(2)11)13-10(8)14-6/h3,9H,4-5H2,1-2H3. The molecule has 2 heterocycles. The topological polar surface area (TPSA) is 35.5 Å². The summed E-state index contributed by atoms with van der Waals surface area (Å²) in [5.74, 6) is -0.250. The van der Waals surface area contributed by atoms with Gasteiger partial charge in [0.2, 0.25) is 0 Å². The van der Waals surface area contributed by atoms with Crippen molar-refractivity contribution < 1.29 is 14.3 Å². The van der Waals surface area contributed by atoms with Crippen molar-refractivity contribution in [3.63, 3.8) is 0 Å². The molecule has 3 nitrogen and oxygen atoms in total. The van der Waals surface area contributed by atoms with Crippen LogP contribution in [-0.2, 0) is 16.0 Å². The first-order valence-corrected chi connectivity index (χ1v) is 5.36. The van der Waals surface area contributed by atoms with Gasteiger partial charge in [0.25, 0.3) is 0 Å². The lowest BCUT2D eigenvalue weighted by molar-refractivity contribution is -0.143. The number of rotatable bonds is 2. The van der Waals surface area contributed by atoms with E-state index in [0.717, 1.165) is 11.5 Å². The summed E-state index contributed by atoms with van der Waals surface area (Å²) in [6, 6.07) is 2.13. The van der Waals surface area contributed by atoms with Gasteiger partial charge in [0.15, 0.2) is 5.06 Å². The molecular weight excluding hydrogens is 200 g/mol. The number of ether oxygens (including phenoxy) is 2. The van der Waals surface area contributed by atoms with Crippen LogP contribution in [0.2, 0.25) is 0 Å². The first-order valence-electron chi connectivity index (χ1n) is 4.54. The van der Waals surface area contributed by atoms with Crippen LogP contribution in [0.3, 0.4) is 0 Å². The Morgan fingerprint density at radius 1 is 1.79 bits per heavy atom. The van der Waals surface area contributed by atoms with Gasteiger partial charge in [0.1, 0.15) is 12.7 Å². The van der Waals surface area contributed by atoms with Gasteiger partial charge in [0, 0.05) is 23.8 Å². The zero-order valence-corrected chi connectivity index (χ0v) is 9.02. The van der Waals surface area contributed by atoms with E-state index in [9.17, 15) is 4.79 Å². The van der Waals surface area contributed by atoms with Crippen molar-refractivity contribution in [1.29, 1.82) is 0 Å². The highest BCUT2D eigenvalue weighted by Crippen LogP contribution is 2.36. The first-order chi connectivity index (χ1) is 6.65. The fraction of sp³-hybridized carbons (Fsp3) is 0.500. The predicted molar refractivity (Wildman–Crippen MR) is 53.8 cm³/mol. The van der Waals surface area contributed by atoms with Crippen molar-refractivity contribution in [1.82, 2.24) is 0 Å². The second kappa shape index (κ2) is 3.61. The van der Waals surface area contributed by atoms with E-state index in [2.05, 4.69) is 13.0 Å². The summed E-state index contributed by atoms with van der Waals surface area (Å²) in [5, 5.41) is 0.986. The molecule has 1 aliphatic rings. The van der Waals surface area contributed by atoms with E-state index in [1.807, 2.05) is 0 Å². The molecule has 1 aliphatic heterocycles. The van der Waals surface area contributed by atoms with Gasteiger partial charge in [-0.05, 0) is 13.0 Å². The van der Waals surface area contributed by atoms with Crippen molar-refractivity contribution in [2.24, 2.45) is 0 Å². The molecule has 0 aliphatic carbocycles. The van der Waals surface area contributed by atoms with Gasteiger partial charge < -0.3 is 9.47 Å². The third-order valence-corrected chi connectivity index (χ3v) is 3.07. The normalized spacial score (nSPS) is 18.9. The molecule has 1 aromatic rings. The Morgan fingerprint density at radius 2 is 2.57 bits per heavy atom. The molecule has 0 saturated carbocycles. The highest BCUT2D eigenvalue weighted by molar-refractivity contribution is 7.14. The van der Waals surface area contributed by atoms with E-state index < -0.39 is 0 Å². The molecule has 0 bridgehead atoms. The molecule has 0 radical (unpaired) electrons. The maximum Gasteiger partial charge on any atom is 0.302 e. The number of aryl methyl sites for hydroxylation is 1. The van der Waals surface area contributed by atoms with Gasteiger partial charge in [-0.25, -0.2) is 0 Å². The number of hydrogen-bond acceptors (Lipinski definition) is 4. The van der Waals surface area contributed by atoms with Gasteiger partial charge in [0.05, 0.1) is 0 Å². The Balaban J connectivity index is 1.92. The fourth-order valence-electron chi connectivity index (χ4n) is 1.53. The molecular formula is C10H12O3S. The first kappa shape index (κ1) is 9.52. The summed E-state index contributed by atoms with van der Waals surface area (Å²) in [7, 11) is 0. The molecule has 0 aromatic carbocycles. The lowest BCUT2D eigenvalue weighted by Gasteiger charge is -2.09. The summed E-state index contributed by atoms with van der Waals surface area (Å²) in [5.41, 5.74) is 1.24. The van der Waals surface area contributed by atoms with E-state index in [-0.39, 0.29) is 12.1 Å². The number of hydrogen-bond donors (Lipinski definition) is 0. The number of fused-ring (bicyclic) bond motifs is 1. The predicted octanol–water partition coefficient (Wildman–Crippen LogP) is 1.92. The fourth-order valence-corrected chi connectivity index (χ4v) is 2.48. The molecule has 0 saturated heterocycles. The average Bonchev–Trinajstić information content (AvgIpc) is 2.57. The Hall–Kier alpha value is -1.03. The van der Waals surface area contributed by atoms with Crippen molar-refractivity contribution in [2.45, 2.75) is 26.4 Å². The third-order valence-electron chi connectivity index (χ3n) is 2.09. The molecule has 76 valence electrons. The minimum atomic E-state index is -0.250. The van der Waals surface area contributed by atoms with Crippen LogP contribution in [-0.4, -0.2) is 18.7 Å². The van der Waals surface area contributed by atoms with Crippen LogP contribution < -0.4 is 4.74 Å². The van der Waals surface area contributed by atoms with E-state index in [0.29, 0.717) is 6.61 Å². The maximum atomic E-state index is 10.6. The molecule has 0 spiro atoms. The van der Waals surface area contributed by atoms with E-state index >= 15 is 0 Å². The average molecular weight is 212 g/mol. The van der Waals surface area contributed by atoms with Crippen molar-refractivity contribution in [2.75, 3.05) is 6.61 Å². The highest BCUT2D eigenvalue weighted by atomic mass is 32.1. The lowest BCUT2D eigenvalue weighted by atomic mass is 10.2. The van der Waals surface area contributed by atoms with Crippen LogP contribution in [0.4, 0.5) is 0 Å². The van der Waals surface area contributed by atoms with Gasteiger partial charge in [-0.2, -0.15) is 0 Å². The summed E-state index contributed by atoms with van der Waals surface area (Å²) < 4.78 is 10.5. The van der Waals surface area contributed by atoms with E-state index in [1.54, 1.807) is 11.3 Å². The Labute approximate surface area is 86.6 Å². The quantitative estimate of drug-likeness (QED) is 0.703. The van der Waals surface area contributed by atoms with Gasteiger partial charge in [-0.3, -0.25) is 4.79 Å². The van der Waals surface area contributed by atoms with Crippen LogP contribution >= 0.6 is 11.3 Å². The molecule has 14 heavy (non-hydrogen) atoms. The summed E-state index contributed by atoms with van der Waals surface area (Å²) in [6.07, 6.45) is 0.869. The second-order valence-corrected chi connectivity index (χ2v) is 4.64. The maximum absolute atomic E-state index is 10.6. The number of esters is 1. The smallest absolute Gasteiger partial charge is 0.302 e. The largest absolute Gasteiger partial charge is 0.477 e. The van der Waals surface area contributed by atoms with Crippen LogP contribution in [0, 0.1) is 6.92 Å². The second-order valence-electron chi connectivity index (χ2n) is 3.42. The highest BCUT2D eigenvalue weighted by Gasteiger charge is 2.25.